The monoisotopic (exact) mass is 282 g/mol. The van der Waals surface area contributed by atoms with E-state index in [1.165, 1.54) is 16.3 Å². The van der Waals surface area contributed by atoms with Crippen LogP contribution in [0.4, 0.5) is 0 Å². The summed E-state index contributed by atoms with van der Waals surface area (Å²) >= 11 is 5.85. The summed E-state index contributed by atoms with van der Waals surface area (Å²) in [5.74, 6) is 0. The van der Waals surface area contributed by atoms with Gasteiger partial charge in [0.25, 0.3) is 0 Å². The third-order valence-electron chi connectivity index (χ3n) is 3.45. The lowest BCUT2D eigenvalue weighted by molar-refractivity contribution is 0.699. The van der Waals surface area contributed by atoms with Gasteiger partial charge >= 0.3 is 0 Å². The Morgan fingerprint density at radius 2 is 1.80 bits per heavy atom. The Morgan fingerprint density at radius 1 is 1.00 bits per heavy atom. The minimum absolute atomic E-state index is 0.127. The minimum Gasteiger partial charge on any atom is -0.322 e. The molecule has 0 aliphatic rings. The number of nitrogens with zero attached hydrogens (tertiary/aromatic N) is 1. The second-order valence-electron chi connectivity index (χ2n) is 4.85. The lowest BCUT2D eigenvalue weighted by atomic mass is 9.97. The first-order valence-electron chi connectivity index (χ1n) is 6.58. The third kappa shape index (κ3) is 2.67. The number of fused-ring (bicyclic) bond motifs is 1. The fraction of sp³-hybridized carbons (Fsp3) is 0.118. The average molecular weight is 283 g/mol. The van der Waals surface area contributed by atoms with Crippen LogP contribution in [-0.2, 0) is 6.42 Å². The Kier molecular flexibility index (Phi) is 3.68. The van der Waals surface area contributed by atoms with Crippen LogP contribution in [0.25, 0.3) is 10.8 Å². The molecule has 0 aliphatic carbocycles. The molecule has 20 heavy (non-hydrogen) atoms. The van der Waals surface area contributed by atoms with E-state index in [1.807, 2.05) is 18.2 Å². The van der Waals surface area contributed by atoms with E-state index >= 15 is 0 Å². The number of aromatic nitrogens is 1. The highest BCUT2D eigenvalue weighted by Gasteiger charge is 2.10. The molecule has 0 aliphatic heterocycles. The Balaban J connectivity index is 1.91. The van der Waals surface area contributed by atoms with E-state index in [9.17, 15) is 0 Å². The molecule has 0 saturated carbocycles. The van der Waals surface area contributed by atoms with Crippen molar-refractivity contribution < 1.29 is 0 Å². The number of benzene rings is 2. The molecular weight excluding hydrogens is 268 g/mol. The Morgan fingerprint density at radius 3 is 2.60 bits per heavy atom. The summed E-state index contributed by atoms with van der Waals surface area (Å²) in [5, 5.41) is 3.12. The maximum atomic E-state index is 6.26. The Labute approximate surface area is 123 Å². The molecule has 2 N–H and O–H groups in total. The zero-order chi connectivity index (χ0) is 13.9. The van der Waals surface area contributed by atoms with E-state index in [2.05, 4.69) is 41.4 Å². The molecule has 3 aromatic rings. The predicted molar refractivity (Wildman–Crippen MR) is 83.8 cm³/mol. The second kappa shape index (κ2) is 5.61. The van der Waals surface area contributed by atoms with Gasteiger partial charge in [-0.1, -0.05) is 54.1 Å². The van der Waals surface area contributed by atoms with Gasteiger partial charge in [0.15, 0.2) is 0 Å². The first-order valence-corrected chi connectivity index (χ1v) is 6.95. The SMILES string of the molecule is NC(Cc1cccc2ccccc12)c1ccc(Cl)cn1. The van der Waals surface area contributed by atoms with Gasteiger partial charge in [0.1, 0.15) is 0 Å². The van der Waals surface area contributed by atoms with Crippen LogP contribution >= 0.6 is 11.6 Å². The zero-order valence-corrected chi connectivity index (χ0v) is 11.7. The molecule has 1 unspecified atom stereocenters. The zero-order valence-electron chi connectivity index (χ0n) is 11.0. The van der Waals surface area contributed by atoms with Gasteiger partial charge in [-0.05, 0) is 34.9 Å². The van der Waals surface area contributed by atoms with Gasteiger partial charge in [0, 0.05) is 6.20 Å². The third-order valence-corrected chi connectivity index (χ3v) is 3.67. The van der Waals surface area contributed by atoms with Crippen LogP contribution in [0.5, 0.6) is 0 Å². The molecule has 1 aromatic heterocycles. The highest BCUT2D eigenvalue weighted by atomic mass is 35.5. The van der Waals surface area contributed by atoms with Crippen molar-refractivity contribution in [2.75, 3.05) is 0 Å². The molecule has 0 bridgehead atoms. The van der Waals surface area contributed by atoms with E-state index in [4.69, 9.17) is 17.3 Å². The minimum atomic E-state index is -0.127. The molecular formula is C17H15ClN2. The molecule has 1 heterocycles. The molecule has 1 atom stereocenters. The maximum absolute atomic E-state index is 6.26. The number of hydrogen-bond donors (Lipinski definition) is 1. The standard InChI is InChI=1S/C17H15ClN2/c18-14-8-9-17(20-11-14)16(19)10-13-6-3-5-12-4-1-2-7-15(12)13/h1-9,11,16H,10,19H2. The quantitative estimate of drug-likeness (QED) is 0.784. The highest BCUT2D eigenvalue weighted by Crippen LogP contribution is 2.23. The largest absolute Gasteiger partial charge is 0.322 e. The molecule has 3 rings (SSSR count). The summed E-state index contributed by atoms with van der Waals surface area (Å²) in [7, 11) is 0. The Bertz CT molecular complexity index is 717. The molecule has 100 valence electrons. The number of halogens is 1. The van der Waals surface area contributed by atoms with Gasteiger partial charge in [-0.25, -0.2) is 0 Å². The van der Waals surface area contributed by atoms with Gasteiger partial charge < -0.3 is 5.73 Å². The summed E-state index contributed by atoms with van der Waals surface area (Å²) in [6, 6.07) is 18.2. The molecule has 3 heteroatoms. The number of hydrogen-bond acceptors (Lipinski definition) is 2. The molecule has 0 fully saturated rings. The van der Waals surface area contributed by atoms with Crippen LogP contribution in [0.15, 0.2) is 60.8 Å². The van der Waals surface area contributed by atoms with Crippen molar-refractivity contribution in [3.8, 4) is 0 Å². The highest BCUT2D eigenvalue weighted by molar-refractivity contribution is 6.30. The fourth-order valence-electron chi connectivity index (χ4n) is 2.42. The van der Waals surface area contributed by atoms with Gasteiger partial charge in [0.2, 0.25) is 0 Å². The first-order chi connectivity index (χ1) is 9.74. The van der Waals surface area contributed by atoms with E-state index < -0.39 is 0 Å². The van der Waals surface area contributed by atoms with Crippen molar-refractivity contribution in [1.82, 2.24) is 4.98 Å². The maximum Gasteiger partial charge on any atom is 0.0589 e. The average Bonchev–Trinajstić information content (AvgIpc) is 2.48. The molecule has 0 saturated heterocycles. The molecule has 2 nitrogen and oxygen atoms in total. The summed E-state index contributed by atoms with van der Waals surface area (Å²) in [6.07, 6.45) is 2.40. The number of nitrogens with two attached hydrogens (primary N) is 1. The summed E-state index contributed by atoms with van der Waals surface area (Å²) in [6.45, 7) is 0. The van der Waals surface area contributed by atoms with E-state index in [0.717, 1.165) is 12.1 Å². The van der Waals surface area contributed by atoms with Crippen LogP contribution in [0.1, 0.15) is 17.3 Å². The van der Waals surface area contributed by atoms with E-state index in [-0.39, 0.29) is 6.04 Å². The van der Waals surface area contributed by atoms with Crippen molar-refractivity contribution in [2.24, 2.45) is 5.73 Å². The molecule has 0 spiro atoms. The van der Waals surface area contributed by atoms with Gasteiger partial charge in [0.05, 0.1) is 16.8 Å². The van der Waals surface area contributed by atoms with Crippen molar-refractivity contribution in [3.63, 3.8) is 0 Å². The van der Waals surface area contributed by atoms with Crippen molar-refractivity contribution in [1.29, 1.82) is 0 Å². The van der Waals surface area contributed by atoms with E-state index in [0.29, 0.717) is 5.02 Å². The van der Waals surface area contributed by atoms with E-state index in [1.54, 1.807) is 6.20 Å². The molecule has 2 aromatic carbocycles. The van der Waals surface area contributed by atoms with Crippen LogP contribution in [0.3, 0.4) is 0 Å². The van der Waals surface area contributed by atoms with Gasteiger partial charge in [-0.15, -0.1) is 0 Å². The number of rotatable bonds is 3. The van der Waals surface area contributed by atoms with Crippen LogP contribution in [-0.4, -0.2) is 4.98 Å². The van der Waals surface area contributed by atoms with Gasteiger partial charge in [-0.3, -0.25) is 4.98 Å². The van der Waals surface area contributed by atoms with Gasteiger partial charge in [-0.2, -0.15) is 0 Å². The summed E-state index contributed by atoms with van der Waals surface area (Å²) in [4.78, 5) is 4.30. The smallest absolute Gasteiger partial charge is 0.0589 e. The second-order valence-corrected chi connectivity index (χ2v) is 5.29. The summed E-state index contributed by atoms with van der Waals surface area (Å²) < 4.78 is 0. The van der Waals surface area contributed by atoms with Crippen molar-refractivity contribution in [2.45, 2.75) is 12.5 Å². The fourth-order valence-corrected chi connectivity index (χ4v) is 2.53. The van der Waals surface area contributed by atoms with Crippen molar-refractivity contribution in [3.05, 3.63) is 77.1 Å². The number of pyridine rings is 1. The lowest BCUT2D eigenvalue weighted by Crippen LogP contribution is -2.14. The van der Waals surface area contributed by atoms with Crippen LogP contribution in [0, 0.1) is 0 Å². The van der Waals surface area contributed by atoms with Crippen LogP contribution in [0.2, 0.25) is 5.02 Å². The first kappa shape index (κ1) is 13.1. The Hall–Kier alpha value is -1.90. The lowest BCUT2D eigenvalue weighted by Gasteiger charge is -2.13. The summed E-state index contributed by atoms with van der Waals surface area (Å²) in [5.41, 5.74) is 8.37. The normalized spacial score (nSPS) is 12.5. The molecule has 0 radical (unpaired) electrons. The van der Waals surface area contributed by atoms with Crippen molar-refractivity contribution >= 4 is 22.4 Å². The predicted octanol–water partition coefficient (Wildman–Crippen LogP) is 4.13. The van der Waals surface area contributed by atoms with Crippen LogP contribution < -0.4 is 5.73 Å². The molecule has 0 amide bonds. The topological polar surface area (TPSA) is 38.9 Å².